The van der Waals surface area contributed by atoms with Gasteiger partial charge in [-0.05, 0) is 6.92 Å². The van der Waals surface area contributed by atoms with Crippen molar-refractivity contribution >= 4 is 15.2 Å². The molecule has 1 aliphatic rings. The van der Waals surface area contributed by atoms with Gasteiger partial charge in [0.1, 0.15) is 12.3 Å². The summed E-state index contributed by atoms with van der Waals surface area (Å²) in [5, 5.41) is 16.8. The maximum atomic E-state index is 11.8. The molecule has 0 radical (unpaired) electrons. The van der Waals surface area contributed by atoms with Gasteiger partial charge in [0.25, 0.3) is 5.56 Å². The summed E-state index contributed by atoms with van der Waals surface area (Å²) in [7, 11) is -10.8. The highest BCUT2D eigenvalue weighted by atomic mass is 31.2. The normalized spacial score (nSPS) is 28.9. The monoisotopic (exact) mass is 402 g/mol. The molecule has 13 nitrogen and oxygen atoms in total. The van der Waals surface area contributed by atoms with E-state index in [-0.39, 0.29) is 5.56 Å². The van der Waals surface area contributed by atoms with Crippen molar-refractivity contribution in [2.24, 2.45) is 0 Å². The molecule has 1 aromatic rings. The van der Waals surface area contributed by atoms with Crippen molar-refractivity contribution < 1.29 is 43.7 Å². The first-order chi connectivity index (χ1) is 11.2. The highest BCUT2D eigenvalue weighted by molar-refractivity contribution is 7.54. The van der Waals surface area contributed by atoms with E-state index in [0.717, 1.165) is 6.20 Å². The topological polar surface area (TPSA) is 220 Å². The Kier molecular flexibility index (Phi) is 5.03. The van der Waals surface area contributed by atoms with Gasteiger partial charge in [-0.25, -0.2) is 4.79 Å². The van der Waals surface area contributed by atoms with Gasteiger partial charge in [0.05, 0.1) is 0 Å². The zero-order valence-electron chi connectivity index (χ0n) is 12.6. The van der Waals surface area contributed by atoms with E-state index in [1.165, 1.54) is 6.92 Å². The number of aryl methyl sites for hydroxylation is 1. The minimum Gasteiger partial charge on any atom is -0.378 e. The molecule has 142 valence electrons. The van der Waals surface area contributed by atoms with Crippen molar-refractivity contribution in [1.82, 2.24) is 9.55 Å². The molecule has 1 saturated heterocycles. The molecule has 4 atom stereocenters. The second kappa shape index (κ2) is 6.23. The lowest BCUT2D eigenvalue weighted by molar-refractivity contribution is -0.0793. The minimum absolute atomic E-state index is 0.0295. The third-order valence-electron chi connectivity index (χ3n) is 3.81. The molecule has 1 aromatic heterocycles. The number of hydrogen-bond acceptors (Lipinski definition) is 7. The number of aliphatic hydroxyl groups excluding tert-OH is 1. The van der Waals surface area contributed by atoms with Gasteiger partial charge in [0, 0.05) is 18.2 Å². The molecular weight excluding hydrogens is 386 g/mol. The van der Waals surface area contributed by atoms with E-state index < -0.39 is 56.4 Å². The van der Waals surface area contributed by atoms with Crippen molar-refractivity contribution in [3.63, 3.8) is 0 Å². The molecule has 1 fully saturated rings. The molecule has 15 heteroatoms. The third kappa shape index (κ3) is 3.56. The minimum atomic E-state index is -5.46. The average Bonchev–Trinajstić information content (AvgIpc) is 2.79. The van der Waals surface area contributed by atoms with E-state index >= 15 is 0 Å². The SMILES string of the molecule is Cc1cn([C@H]2C[C@@](O)(P(=O)(O)O)[C@@H](C(O)P(=O)(O)O)O2)c(=O)[nH]c1=O. The summed E-state index contributed by atoms with van der Waals surface area (Å²) in [4.78, 5) is 61.9. The number of aromatic nitrogens is 2. The molecule has 1 unspecified atom stereocenters. The Balaban J connectivity index is 2.55. The molecule has 0 aliphatic carbocycles. The molecule has 7 N–H and O–H groups in total. The molecule has 0 amide bonds. The van der Waals surface area contributed by atoms with E-state index in [1.807, 2.05) is 4.98 Å². The maximum absolute atomic E-state index is 11.8. The third-order valence-corrected chi connectivity index (χ3v) is 6.22. The van der Waals surface area contributed by atoms with Crippen LogP contribution in [0, 0.1) is 6.92 Å². The Morgan fingerprint density at radius 1 is 1.32 bits per heavy atom. The van der Waals surface area contributed by atoms with E-state index in [9.17, 15) is 38.7 Å². The lowest BCUT2D eigenvalue weighted by Gasteiger charge is -2.31. The molecule has 0 aromatic carbocycles. The Morgan fingerprint density at radius 2 is 1.88 bits per heavy atom. The van der Waals surface area contributed by atoms with Crippen molar-refractivity contribution in [3.8, 4) is 0 Å². The summed E-state index contributed by atoms with van der Waals surface area (Å²) in [6.45, 7) is 1.32. The van der Waals surface area contributed by atoms with Gasteiger partial charge >= 0.3 is 20.9 Å². The number of aromatic amines is 1. The number of hydrogen-bond donors (Lipinski definition) is 7. The van der Waals surface area contributed by atoms with Crippen LogP contribution in [0.2, 0.25) is 0 Å². The van der Waals surface area contributed by atoms with Crippen LogP contribution in [0.25, 0.3) is 0 Å². The van der Waals surface area contributed by atoms with Crippen LogP contribution in [-0.2, 0) is 13.9 Å². The summed E-state index contributed by atoms with van der Waals surface area (Å²) in [5.41, 5.74) is -1.74. The number of H-pyrrole nitrogens is 1. The van der Waals surface area contributed by atoms with Crippen molar-refractivity contribution in [2.45, 2.75) is 36.9 Å². The predicted molar refractivity (Wildman–Crippen MR) is 79.6 cm³/mol. The number of aliphatic hydroxyl groups is 2. The zero-order valence-corrected chi connectivity index (χ0v) is 14.4. The summed E-state index contributed by atoms with van der Waals surface area (Å²) in [5.74, 6) is -2.75. The quantitative estimate of drug-likeness (QED) is 0.261. The van der Waals surface area contributed by atoms with Gasteiger partial charge in [-0.1, -0.05) is 0 Å². The van der Waals surface area contributed by atoms with Gasteiger partial charge in [-0.3, -0.25) is 23.5 Å². The molecule has 0 saturated carbocycles. The molecule has 0 bridgehead atoms. The molecule has 2 rings (SSSR count). The van der Waals surface area contributed by atoms with Crippen LogP contribution in [0.5, 0.6) is 0 Å². The number of nitrogens with zero attached hydrogens (tertiary/aromatic N) is 1. The second-order valence-corrected chi connectivity index (χ2v) is 9.19. The fourth-order valence-corrected chi connectivity index (χ4v) is 4.15. The van der Waals surface area contributed by atoms with E-state index in [0.29, 0.717) is 4.57 Å². The van der Waals surface area contributed by atoms with Crippen LogP contribution in [0.1, 0.15) is 18.2 Å². The molecule has 25 heavy (non-hydrogen) atoms. The van der Waals surface area contributed by atoms with Crippen LogP contribution >= 0.6 is 15.2 Å². The molecule has 1 aliphatic heterocycles. The first-order valence-corrected chi connectivity index (χ1v) is 9.96. The molecule has 2 heterocycles. The number of rotatable bonds is 4. The van der Waals surface area contributed by atoms with E-state index in [2.05, 4.69) is 0 Å². The summed E-state index contributed by atoms with van der Waals surface area (Å²) < 4.78 is 28.6. The Bertz CT molecular complexity index is 882. The largest absolute Gasteiger partial charge is 0.378 e. The van der Waals surface area contributed by atoms with Gasteiger partial charge in [-0.15, -0.1) is 0 Å². The van der Waals surface area contributed by atoms with Gasteiger partial charge < -0.3 is 34.5 Å². The van der Waals surface area contributed by atoms with E-state index in [4.69, 9.17) is 14.5 Å². The van der Waals surface area contributed by atoms with Crippen molar-refractivity contribution in [3.05, 3.63) is 32.6 Å². The number of ether oxygens (including phenoxy) is 1. The smallest absolute Gasteiger partial charge is 0.359 e. The van der Waals surface area contributed by atoms with Crippen molar-refractivity contribution in [1.29, 1.82) is 0 Å². The lowest BCUT2D eigenvalue weighted by atomic mass is 10.1. The first-order valence-electron chi connectivity index (χ1n) is 6.67. The fraction of sp³-hybridized carbons (Fsp3) is 0.600. The molecular formula is C10H16N2O11P2. The standard InChI is InChI=1S/C10H16N2O11P2/c1-4-3-12(9(15)11-7(4)13)5-2-10(16,25(20,21)22)6(23-5)8(14)24(17,18)19/h3,5-6,8,14,16H,2H2,1H3,(H,11,13,15)(H2,17,18,19)(H2,20,21,22)/t5-,6-,8?,10-/m1/s1. The summed E-state index contributed by atoms with van der Waals surface area (Å²) in [6.07, 6.45) is -3.98. The predicted octanol–water partition coefficient (Wildman–Crippen LogP) is -2.51. The lowest BCUT2D eigenvalue weighted by Crippen LogP contribution is -2.45. The van der Waals surface area contributed by atoms with Crippen LogP contribution in [0.4, 0.5) is 0 Å². The average molecular weight is 402 g/mol. The van der Waals surface area contributed by atoms with Crippen LogP contribution < -0.4 is 11.2 Å². The zero-order chi connectivity index (χ0) is 19.4. The van der Waals surface area contributed by atoms with Crippen molar-refractivity contribution in [2.75, 3.05) is 0 Å². The molecule has 0 spiro atoms. The second-order valence-electron chi connectivity index (χ2n) is 5.62. The van der Waals surface area contributed by atoms with Crippen LogP contribution in [0.3, 0.4) is 0 Å². The number of nitrogens with one attached hydrogen (secondary N) is 1. The van der Waals surface area contributed by atoms with E-state index in [1.54, 1.807) is 0 Å². The van der Waals surface area contributed by atoms with Gasteiger partial charge in [-0.2, -0.15) is 0 Å². The Morgan fingerprint density at radius 3 is 2.36 bits per heavy atom. The highest BCUT2D eigenvalue weighted by Gasteiger charge is 2.64. The Labute approximate surface area is 138 Å². The van der Waals surface area contributed by atoms with Gasteiger partial charge in [0.2, 0.25) is 0 Å². The van der Waals surface area contributed by atoms with Crippen LogP contribution in [-0.4, -0.2) is 56.6 Å². The van der Waals surface area contributed by atoms with Crippen LogP contribution in [0.15, 0.2) is 15.8 Å². The van der Waals surface area contributed by atoms with Gasteiger partial charge in [0.15, 0.2) is 11.2 Å². The summed E-state index contributed by atoms with van der Waals surface area (Å²) in [6, 6.07) is 0. The Hall–Kier alpha value is -1.14. The highest BCUT2D eigenvalue weighted by Crippen LogP contribution is 2.62. The maximum Gasteiger partial charge on any atom is 0.359 e. The summed E-state index contributed by atoms with van der Waals surface area (Å²) >= 11 is 0. The fourth-order valence-electron chi connectivity index (χ4n) is 2.43. The first kappa shape index (κ1) is 20.2.